The highest BCUT2D eigenvalue weighted by molar-refractivity contribution is 9.10. The van der Waals surface area contributed by atoms with Gasteiger partial charge >= 0.3 is 0 Å². The summed E-state index contributed by atoms with van der Waals surface area (Å²) in [6.45, 7) is 6.66. The summed E-state index contributed by atoms with van der Waals surface area (Å²) >= 11 is 3.51. The Morgan fingerprint density at radius 2 is 1.73 bits per heavy atom. The molecule has 2 N–H and O–H groups in total. The highest BCUT2D eigenvalue weighted by atomic mass is 79.9. The second-order valence-electron chi connectivity index (χ2n) is 5.46. The van der Waals surface area contributed by atoms with Crippen LogP contribution in [0.3, 0.4) is 0 Å². The number of rotatable bonds is 5. The Morgan fingerprint density at radius 3 is 2.36 bits per heavy atom. The lowest BCUT2D eigenvalue weighted by molar-refractivity contribution is -0.115. The van der Waals surface area contributed by atoms with E-state index in [4.69, 9.17) is 0 Å². The van der Waals surface area contributed by atoms with Crippen LogP contribution in [0.1, 0.15) is 23.1 Å². The average Bonchev–Trinajstić information content (AvgIpc) is 2.47. The summed E-state index contributed by atoms with van der Waals surface area (Å²) in [5.74, 6) is 0.0241. The third-order valence-electron chi connectivity index (χ3n) is 3.60. The molecule has 116 valence electrons. The van der Waals surface area contributed by atoms with E-state index in [0.29, 0.717) is 13.0 Å². The molecule has 0 aliphatic rings. The van der Waals surface area contributed by atoms with Crippen LogP contribution >= 0.6 is 15.9 Å². The van der Waals surface area contributed by atoms with Gasteiger partial charge in [-0.05, 0) is 49.6 Å². The fourth-order valence-corrected chi connectivity index (χ4v) is 2.62. The zero-order valence-corrected chi connectivity index (χ0v) is 14.8. The van der Waals surface area contributed by atoms with E-state index >= 15 is 0 Å². The molecule has 0 aromatic heterocycles. The molecule has 0 radical (unpaired) electrons. The van der Waals surface area contributed by atoms with E-state index < -0.39 is 0 Å². The molecule has 0 bridgehead atoms. The first kappa shape index (κ1) is 16.6. The minimum atomic E-state index is 0.0241. The van der Waals surface area contributed by atoms with E-state index in [1.165, 1.54) is 5.56 Å². The molecule has 4 heteroatoms. The van der Waals surface area contributed by atoms with Crippen LogP contribution in [0.2, 0.25) is 0 Å². The Balaban J connectivity index is 1.86. The van der Waals surface area contributed by atoms with E-state index in [0.717, 1.165) is 27.0 Å². The molecule has 0 heterocycles. The lowest BCUT2D eigenvalue weighted by Gasteiger charge is -2.12. The summed E-state index contributed by atoms with van der Waals surface area (Å²) < 4.78 is 1.07. The van der Waals surface area contributed by atoms with Crippen molar-refractivity contribution in [2.75, 3.05) is 17.2 Å². The first-order valence-electron chi connectivity index (χ1n) is 7.33. The number of nitrogens with one attached hydrogen (secondary N) is 2. The quantitative estimate of drug-likeness (QED) is 0.802. The van der Waals surface area contributed by atoms with Crippen LogP contribution in [-0.4, -0.2) is 12.5 Å². The molecule has 0 atom stereocenters. The smallest absolute Gasteiger partial charge is 0.226 e. The average molecular weight is 361 g/mol. The van der Waals surface area contributed by atoms with Crippen molar-refractivity contribution in [3.63, 3.8) is 0 Å². The van der Waals surface area contributed by atoms with Crippen LogP contribution in [0.5, 0.6) is 0 Å². The number of para-hydroxylation sites is 1. The van der Waals surface area contributed by atoms with Crippen molar-refractivity contribution in [2.24, 2.45) is 0 Å². The number of hydrogen-bond donors (Lipinski definition) is 2. The summed E-state index contributed by atoms with van der Waals surface area (Å²) in [4.78, 5) is 12.1. The van der Waals surface area contributed by atoms with Crippen LogP contribution in [0.4, 0.5) is 11.4 Å². The maximum Gasteiger partial charge on any atom is 0.226 e. The Hall–Kier alpha value is -1.81. The number of benzene rings is 2. The van der Waals surface area contributed by atoms with Crippen molar-refractivity contribution in [1.82, 2.24) is 0 Å². The maximum atomic E-state index is 12.1. The van der Waals surface area contributed by atoms with Crippen LogP contribution < -0.4 is 10.6 Å². The molecular weight excluding hydrogens is 340 g/mol. The number of anilines is 2. The second-order valence-corrected chi connectivity index (χ2v) is 6.31. The van der Waals surface area contributed by atoms with Gasteiger partial charge in [0.1, 0.15) is 0 Å². The summed E-state index contributed by atoms with van der Waals surface area (Å²) in [5, 5.41) is 6.26. The molecule has 2 aromatic rings. The van der Waals surface area contributed by atoms with E-state index in [9.17, 15) is 4.79 Å². The molecule has 0 aliphatic carbocycles. The molecule has 0 unspecified atom stereocenters. The molecule has 3 nitrogen and oxygen atoms in total. The van der Waals surface area contributed by atoms with Crippen LogP contribution in [0.15, 0.2) is 40.9 Å². The lowest BCUT2D eigenvalue weighted by atomic mass is 10.1. The lowest BCUT2D eigenvalue weighted by Crippen LogP contribution is -2.17. The van der Waals surface area contributed by atoms with Crippen molar-refractivity contribution < 1.29 is 4.79 Å². The van der Waals surface area contributed by atoms with Crippen molar-refractivity contribution in [1.29, 1.82) is 0 Å². The van der Waals surface area contributed by atoms with Gasteiger partial charge in [-0.25, -0.2) is 0 Å². The Bertz CT molecular complexity index is 663. The maximum absolute atomic E-state index is 12.1. The number of aryl methyl sites for hydroxylation is 3. The monoisotopic (exact) mass is 360 g/mol. The summed E-state index contributed by atoms with van der Waals surface area (Å²) in [5.41, 5.74) is 5.30. The van der Waals surface area contributed by atoms with Crippen LogP contribution in [-0.2, 0) is 4.79 Å². The first-order chi connectivity index (χ1) is 10.5. The summed E-state index contributed by atoms with van der Waals surface area (Å²) in [7, 11) is 0. The van der Waals surface area contributed by atoms with Gasteiger partial charge in [0.25, 0.3) is 0 Å². The second kappa shape index (κ2) is 7.45. The van der Waals surface area contributed by atoms with Gasteiger partial charge in [-0.1, -0.05) is 40.2 Å². The summed E-state index contributed by atoms with van der Waals surface area (Å²) in [6.07, 6.45) is 0.430. The molecule has 2 aromatic carbocycles. The van der Waals surface area contributed by atoms with Crippen molar-refractivity contribution in [2.45, 2.75) is 27.2 Å². The fraction of sp³-hybridized carbons (Fsp3) is 0.278. The molecule has 1 amide bonds. The van der Waals surface area contributed by atoms with Gasteiger partial charge < -0.3 is 10.6 Å². The Kier molecular flexibility index (Phi) is 5.61. The third-order valence-corrected chi connectivity index (χ3v) is 4.45. The minimum Gasteiger partial charge on any atom is -0.384 e. The zero-order valence-electron chi connectivity index (χ0n) is 13.2. The van der Waals surface area contributed by atoms with Crippen LogP contribution in [0, 0.1) is 20.8 Å². The van der Waals surface area contributed by atoms with E-state index in [1.54, 1.807) is 0 Å². The van der Waals surface area contributed by atoms with Gasteiger partial charge in [-0.15, -0.1) is 0 Å². The van der Waals surface area contributed by atoms with E-state index in [1.807, 2.05) is 57.2 Å². The van der Waals surface area contributed by atoms with Crippen LogP contribution in [0.25, 0.3) is 0 Å². The minimum absolute atomic E-state index is 0.0241. The largest absolute Gasteiger partial charge is 0.384 e. The molecular formula is C18H21BrN2O. The molecule has 0 saturated heterocycles. The predicted molar refractivity (Wildman–Crippen MR) is 96.5 cm³/mol. The highest BCUT2D eigenvalue weighted by Crippen LogP contribution is 2.21. The molecule has 0 fully saturated rings. The predicted octanol–water partition coefficient (Wildman–Crippen LogP) is 4.82. The van der Waals surface area contributed by atoms with Crippen molar-refractivity contribution in [3.8, 4) is 0 Å². The number of carbonyl (C=O) groups is 1. The summed E-state index contributed by atoms with van der Waals surface area (Å²) in [6, 6.07) is 12.1. The fourth-order valence-electron chi connectivity index (χ4n) is 2.24. The zero-order chi connectivity index (χ0) is 16.1. The number of amides is 1. The number of halogens is 1. The molecule has 0 saturated carbocycles. The van der Waals surface area contributed by atoms with E-state index in [2.05, 4.69) is 26.6 Å². The Morgan fingerprint density at radius 1 is 1.05 bits per heavy atom. The van der Waals surface area contributed by atoms with Gasteiger partial charge in [0.2, 0.25) is 5.91 Å². The normalized spacial score (nSPS) is 10.4. The van der Waals surface area contributed by atoms with E-state index in [-0.39, 0.29) is 5.91 Å². The van der Waals surface area contributed by atoms with Crippen molar-refractivity contribution >= 4 is 33.2 Å². The topological polar surface area (TPSA) is 41.1 Å². The molecule has 22 heavy (non-hydrogen) atoms. The Labute approximate surface area is 140 Å². The van der Waals surface area contributed by atoms with Gasteiger partial charge in [0.15, 0.2) is 0 Å². The van der Waals surface area contributed by atoms with Gasteiger partial charge in [-0.3, -0.25) is 4.79 Å². The SMILES string of the molecule is Cc1ccc(NCCC(=O)Nc2c(C)cccc2C)cc1Br. The molecule has 0 aliphatic heterocycles. The standard InChI is InChI=1S/C18H21BrN2O/c1-12-7-8-15(11-16(12)19)20-10-9-17(22)21-18-13(2)5-4-6-14(18)3/h4-8,11,20H,9-10H2,1-3H3,(H,21,22). The molecule has 0 spiro atoms. The third kappa shape index (κ3) is 4.34. The first-order valence-corrected chi connectivity index (χ1v) is 8.13. The number of carbonyl (C=O) groups excluding carboxylic acids is 1. The van der Waals surface area contributed by atoms with Crippen molar-refractivity contribution in [3.05, 3.63) is 57.6 Å². The van der Waals surface area contributed by atoms with Gasteiger partial charge in [0, 0.05) is 28.8 Å². The number of hydrogen-bond acceptors (Lipinski definition) is 2. The molecule has 2 rings (SSSR count). The highest BCUT2D eigenvalue weighted by Gasteiger charge is 2.07. The van der Waals surface area contributed by atoms with Gasteiger partial charge in [-0.2, -0.15) is 0 Å². The van der Waals surface area contributed by atoms with Gasteiger partial charge in [0.05, 0.1) is 0 Å².